The van der Waals surface area contributed by atoms with Crippen molar-refractivity contribution >= 4 is 5.91 Å². The lowest BCUT2D eigenvalue weighted by Crippen LogP contribution is -2.51. The van der Waals surface area contributed by atoms with Crippen LogP contribution < -0.4 is 0 Å². The van der Waals surface area contributed by atoms with Gasteiger partial charge >= 0.3 is 0 Å². The second-order valence-electron chi connectivity index (χ2n) is 7.32. The summed E-state index contributed by atoms with van der Waals surface area (Å²) in [4.78, 5) is 14.5. The molecule has 0 radical (unpaired) electrons. The van der Waals surface area contributed by atoms with E-state index in [9.17, 15) is 14.3 Å². The summed E-state index contributed by atoms with van der Waals surface area (Å²) < 4.78 is 13.8. The van der Waals surface area contributed by atoms with Crippen molar-refractivity contribution in [3.8, 4) is 0 Å². The van der Waals surface area contributed by atoms with Gasteiger partial charge < -0.3 is 10.0 Å². The molecule has 0 spiro atoms. The molecular weight excluding hydrogens is 281 g/mol. The van der Waals surface area contributed by atoms with Gasteiger partial charge in [0.25, 0.3) is 0 Å². The molecule has 0 aromatic heterocycles. The number of aliphatic hydroxyl groups is 1. The van der Waals surface area contributed by atoms with Crippen molar-refractivity contribution in [3.63, 3.8) is 0 Å². The van der Waals surface area contributed by atoms with Gasteiger partial charge in [0.05, 0.1) is 6.10 Å². The molecule has 3 nitrogen and oxygen atoms in total. The minimum atomic E-state index is -0.314. The molecule has 3 rings (SSSR count). The SMILES string of the molecule is CC1(C)C(O)CC1CC(=O)N(Cc1ccccc1F)C1CC1. The number of amides is 1. The highest BCUT2D eigenvalue weighted by Gasteiger charge is 2.48. The van der Waals surface area contributed by atoms with Crippen molar-refractivity contribution in [2.45, 2.75) is 58.2 Å². The fraction of sp³-hybridized carbons (Fsp3) is 0.611. The summed E-state index contributed by atoms with van der Waals surface area (Å²) in [6, 6.07) is 6.92. The molecule has 1 aromatic rings. The topological polar surface area (TPSA) is 40.5 Å². The third kappa shape index (κ3) is 2.89. The lowest BCUT2D eigenvalue weighted by molar-refractivity contribution is -0.144. The van der Waals surface area contributed by atoms with Crippen LogP contribution in [0, 0.1) is 17.2 Å². The molecule has 0 bridgehead atoms. The third-order valence-electron chi connectivity index (χ3n) is 5.45. The zero-order chi connectivity index (χ0) is 15.9. The van der Waals surface area contributed by atoms with Crippen LogP contribution in [0.3, 0.4) is 0 Å². The van der Waals surface area contributed by atoms with Gasteiger partial charge in [-0.05, 0) is 36.7 Å². The maximum atomic E-state index is 13.8. The van der Waals surface area contributed by atoms with E-state index < -0.39 is 0 Å². The van der Waals surface area contributed by atoms with Crippen LogP contribution in [0.1, 0.15) is 45.1 Å². The molecule has 0 aliphatic heterocycles. The summed E-state index contributed by atoms with van der Waals surface area (Å²) in [6.07, 6.45) is 2.85. The smallest absolute Gasteiger partial charge is 0.223 e. The molecule has 0 saturated heterocycles. The minimum absolute atomic E-state index is 0.0933. The van der Waals surface area contributed by atoms with E-state index in [1.807, 2.05) is 18.7 Å². The fourth-order valence-corrected chi connectivity index (χ4v) is 3.28. The summed E-state index contributed by atoms with van der Waals surface area (Å²) in [5.74, 6) is 0.0629. The Balaban J connectivity index is 1.67. The highest BCUT2D eigenvalue weighted by atomic mass is 19.1. The maximum Gasteiger partial charge on any atom is 0.223 e. The van der Waals surface area contributed by atoms with Crippen LogP contribution in [0.25, 0.3) is 0 Å². The standard InChI is InChI=1S/C18H24FNO2/c1-18(2)13(9-16(18)21)10-17(22)20(14-7-8-14)11-12-5-3-4-6-15(12)19/h3-6,13-14,16,21H,7-11H2,1-2H3. The number of hydrogen-bond donors (Lipinski definition) is 1. The van der Waals surface area contributed by atoms with Gasteiger partial charge in [-0.25, -0.2) is 4.39 Å². The fourth-order valence-electron chi connectivity index (χ4n) is 3.28. The number of nitrogens with zero attached hydrogens (tertiary/aromatic N) is 1. The van der Waals surface area contributed by atoms with Crippen molar-refractivity contribution in [1.29, 1.82) is 0 Å². The molecule has 2 aliphatic carbocycles. The van der Waals surface area contributed by atoms with Gasteiger partial charge in [0, 0.05) is 24.6 Å². The zero-order valence-electron chi connectivity index (χ0n) is 13.3. The van der Waals surface area contributed by atoms with Crippen LogP contribution in [0.15, 0.2) is 24.3 Å². The molecule has 120 valence electrons. The van der Waals surface area contributed by atoms with E-state index in [2.05, 4.69) is 0 Å². The van der Waals surface area contributed by atoms with Crippen molar-refractivity contribution < 1.29 is 14.3 Å². The monoisotopic (exact) mass is 305 g/mol. The normalized spacial score (nSPS) is 26.4. The number of carbonyl (C=O) groups is 1. The Bertz CT molecular complexity index is 568. The van der Waals surface area contributed by atoms with Crippen LogP contribution in [0.2, 0.25) is 0 Å². The molecule has 2 saturated carbocycles. The first-order chi connectivity index (χ1) is 10.4. The molecule has 2 fully saturated rings. The van der Waals surface area contributed by atoms with Gasteiger partial charge in [0.2, 0.25) is 5.91 Å². The highest BCUT2D eigenvalue weighted by Crippen LogP contribution is 2.48. The average molecular weight is 305 g/mol. The van der Waals surface area contributed by atoms with Gasteiger partial charge in [-0.15, -0.1) is 0 Å². The summed E-state index contributed by atoms with van der Waals surface area (Å²) in [7, 11) is 0. The van der Waals surface area contributed by atoms with Crippen LogP contribution in [-0.2, 0) is 11.3 Å². The summed E-state index contributed by atoms with van der Waals surface area (Å²) in [6.45, 7) is 4.38. The number of benzene rings is 1. The van der Waals surface area contributed by atoms with Gasteiger partial charge in [0.15, 0.2) is 0 Å². The first-order valence-corrected chi connectivity index (χ1v) is 8.10. The molecule has 22 heavy (non-hydrogen) atoms. The predicted octanol–water partition coefficient (Wildman–Crippen LogP) is 3.11. The minimum Gasteiger partial charge on any atom is -0.393 e. The second kappa shape index (κ2) is 5.65. The summed E-state index contributed by atoms with van der Waals surface area (Å²) in [5.41, 5.74) is 0.388. The van der Waals surface area contributed by atoms with Crippen LogP contribution in [0.4, 0.5) is 4.39 Å². The highest BCUT2D eigenvalue weighted by molar-refractivity contribution is 5.77. The van der Waals surface area contributed by atoms with Gasteiger partial charge in [-0.3, -0.25) is 4.79 Å². The molecule has 1 N–H and O–H groups in total. The lowest BCUT2D eigenvalue weighted by atomic mass is 9.59. The Hall–Kier alpha value is -1.42. The lowest BCUT2D eigenvalue weighted by Gasteiger charge is -2.49. The number of hydrogen-bond acceptors (Lipinski definition) is 2. The van der Waals surface area contributed by atoms with Crippen molar-refractivity contribution in [2.24, 2.45) is 11.3 Å². The Morgan fingerprint density at radius 1 is 1.36 bits per heavy atom. The molecule has 0 heterocycles. The molecule has 2 unspecified atom stereocenters. The van der Waals surface area contributed by atoms with E-state index >= 15 is 0 Å². The van der Waals surface area contributed by atoms with Gasteiger partial charge in [0.1, 0.15) is 5.82 Å². The molecule has 2 atom stereocenters. The van der Waals surface area contributed by atoms with E-state index in [4.69, 9.17) is 0 Å². The van der Waals surface area contributed by atoms with E-state index in [1.165, 1.54) is 6.07 Å². The first kappa shape index (κ1) is 15.5. The number of rotatable bonds is 5. The molecule has 2 aliphatic rings. The van der Waals surface area contributed by atoms with Crippen LogP contribution in [-0.4, -0.2) is 28.1 Å². The third-order valence-corrected chi connectivity index (χ3v) is 5.45. The van der Waals surface area contributed by atoms with E-state index in [0.29, 0.717) is 24.9 Å². The zero-order valence-corrected chi connectivity index (χ0v) is 13.3. The summed E-state index contributed by atoms with van der Waals surface area (Å²) in [5, 5.41) is 9.82. The quantitative estimate of drug-likeness (QED) is 0.908. The van der Waals surface area contributed by atoms with Crippen molar-refractivity contribution in [3.05, 3.63) is 35.6 Å². The van der Waals surface area contributed by atoms with E-state index in [0.717, 1.165) is 12.8 Å². The Morgan fingerprint density at radius 3 is 2.59 bits per heavy atom. The van der Waals surface area contributed by atoms with Gasteiger partial charge in [-0.1, -0.05) is 32.0 Å². The number of halogens is 1. The summed E-state index contributed by atoms with van der Waals surface area (Å²) >= 11 is 0. The van der Waals surface area contributed by atoms with Gasteiger partial charge in [-0.2, -0.15) is 0 Å². The largest absolute Gasteiger partial charge is 0.393 e. The van der Waals surface area contributed by atoms with Crippen LogP contribution >= 0.6 is 0 Å². The first-order valence-electron chi connectivity index (χ1n) is 8.10. The maximum absolute atomic E-state index is 13.8. The van der Waals surface area contributed by atoms with Crippen molar-refractivity contribution in [1.82, 2.24) is 4.90 Å². The Kier molecular flexibility index (Phi) is 3.98. The molecular formula is C18H24FNO2. The molecule has 1 amide bonds. The van der Waals surface area contributed by atoms with E-state index in [1.54, 1.807) is 18.2 Å². The van der Waals surface area contributed by atoms with E-state index in [-0.39, 0.29) is 35.2 Å². The molecule has 1 aromatic carbocycles. The Morgan fingerprint density at radius 2 is 2.05 bits per heavy atom. The Labute approximate surface area is 131 Å². The average Bonchev–Trinajstić information content (AvgIpc) is 3.30. The van der Waals surface area contributed by atoms with Crippen LogP contribution in [0.5, 0.6) is 0 Å². The predicted molar refractivity (Wildman–Crippen MR) is 82.5 cm³/mol. The van der Waals surface area contributed by atoms with Crippen molar-refractivity contribution in [2.75, 3.05) is 0 Å². The number of carbonyl (C=O) groups excluding carboxylic acids is 1. The number of aliphatic hydroxyl groups excluding tert-OH is 1. The second-order valence-corrected chi connectivity index (χ2v) is 7.32. The molecule has 4 heteroatoms.